The molecule has 0 aliphatic carbocycles. The van der Waals surface area contributed by atoms with E-state index in [9.17, 15) is 4.79 Å². The maximum Gasteiger partial charge on any atom is 0.251 e. The summed E-state index contributed by atoms with van der Waals surface area (Å²) in [6, 6.07) is 11.5. The molecule has 0 saturated carbocycles. The Hall–Kier alpha value is -1.85. The first-order valence-corrected chi connectivity index (χ1v) is 7.62. The fourth-order valence-corrected chi connectivity index (χ4v) is 3.00. The Bertz CT molecular complexity index is 582. The molecule has 1 heterocycles. The smallest absolute Gasteiger partial charge is 0.251 e. The van der Waals surface area contributed by atoms with Gasteiger partial charge in [-0.15, -0.1) is 11.3 Å². The fourth-order valence-electron chi connectivity index (χ4n) is 2.07. The summed E-state index contributed by atoms with van der Waals surface area (Å²) in [7, 11) is 5.63. The van der Waals surface area contributed by atoms with Crippen LogP contribution in [-0.4, -0.2) is 38.6 Å². The number of carbonyl (C=O) groups is 1. The van der Waals surface area contributed by atoms with Crippen molar-refractivity contribution >= 4 is 17.2 Å². The fraction of sp³-hybridized carbons (Fsp3) is 0.312. The van der Waals surface area contributed by atoms with Gasteiger partial charge in [-0.25, -0.2) is 0 Å². The largest absolute Gasteiger partial charge is 0.497 e. The minimum atomic E-state index is -0.0858. The Balaban J connectivity index is 2.02. The first kappa shape index (κ1) is 15.5. The number of amides is 1. The molecule has 1 aromatic heterocycles. The van der Waals surface area contributed by atoms with Gasteiger partial charge in [-0.1, -0.05) is 12.1 Å². The van der Waals surface area contributed by atoms with Gasteiger partial charge >= 0.3 is 0 Å². The van der Waals surface area contributed by atoms with E-state index in [1.807, 2.05) is 32.3 Å². The molecule has 2 aromatic rings. The number of thiophene rings is 1. The third-order valence-corrected chi connectivity index (χ3v) is 4.26. The molecule has 1 N–H and O–H groups in total. The second-order valence-corrected chi connectivity index (χ2v) is 5.92. The summed E-state index contributed by atoms with van der Waals surface area (Å²) in [5, 5.41) is 5.04. The molecule has 21 heavy (non-hydrogen) atoms. The van der Waals surface area contributed by atoms with E-state index in [2.05, 4.69) is 21.7 Å². The van der Waals surface area contributed by atoms with E-state index in [-0.39, 0.29) is 11.9 Å². The van der Waals surface area contributed by atoms with E-state index in [0.29, 0.717) is 17.9 Å². The van der Waals surface area contributed by atoms with Gasteiger partial charge in [-0.2, -0.15) is 0 Å². The molecule has 0 saturated heterocycles. The lowest BCUT2D eigenvalue weighted by Crippen LogP contribution is -2.34. The Labute approximate surface area is 129 Å². The Morgan fingerprint density at radius 1 is 1.33 bits per heavy atom. The van der Waals surface area contributed by atoms with Crippen molar-refractivity contribution in [2.24, 2.45) is 0 Å². The number of carbonyl (C=O) groups excluding carboxylic acids is 1. The van der Waals surface area contributed by atoms with Crippen LogP contribution >= 0.6 is 11.3 Å². The zero-order chi connectivity index (χ0) is 15.2. The molecular formula is C16H20N2O2S. The number of hydrogen-bond acceptors (Lipinski definition) is 4. The normalized spacial score (nSPS) is 12.2. The van der Waals surface area contributed by atoms with Gasteiger partial charge in [-0.05, 0) is 43.7 Å². The molecule has 0 aliphatic rings. The van der Waals surface area contributed by atoms with Gasteiger partial charge in [-0.3, -0.25) is 4.79 Å². The third kappa shape index (κ3) is 4.06. The van der Waals surface area contributed by atoms with Crippen molar-refractivity contribution in [3.63, 3.8) is 0 Å². The zero-order valence-electron chi connectivity index (χ0n) is 12.5. The molecule has 1 amide bonds. The van der Waals surface area contributed by atoms with Crippen molar-refractivity contribution in [3.05, 3.63) is 52.2 Å². The molecule has 1 unspecified atom stereocenters. The molecule has 112 valence electrons. The van der Waals surface area contributed by atoms with Crippen LogP contribution in [0.2, 0.25) is 0 Å². The van der Waals surface area contributed by atoms with Crippen LogP contribution in [0.3, 0.4) is 0 Å². The van der Waals surface area contributed by atoms with Crippen LogP contribution in [0.25, 0.3) is 0 Å². The predicted molar refractivity (Wildman–Crippen MR) is 86.1 cm³/mol. The van der Waals surface area contributed by atoms with Gasteiger partial charge in [0.1, 0.15) is 5.75 Å². The number of rotatable bonds is 6. The van der Waals surface area contributed by atoms with Crippen LogP contribution in [-0.2, 0) is 0 Å². The van der Waals surface area contributed by atoms with Gasteiger partial charge in [0, 0.05) is 17.0 Å². The summed E-state index contributed by atoms with van der Waals surface area (Å²) in [6.45, 7) is 0.573. The molecule has 5 heteroatoms. The van der Waals surface area contributed by atoms with Crippen molar-refractivity contribution in [2.45, 2.75) is 6.04 Å². The van der Waals surface area contributed by atoms with Crippen molar-refractivity contribution in [3.8, 4) is 5.75 Å². The van der Waals surface area contributed by atoms with E-state index >= 15 is 0 Å². The molecule has 1 aromatic carbocycles. The summed E-state index contributed by atoms with van der Waals surface area (Å²) < 4.78 is 5.14. The minimum absolute atomic E-state index is 0.0858. The topological polar surface area (TPSA) is 41.6 Å². The Morgan fingerprint density at radius 2 is 2.14 bits per heavy atom. The predicted octanol–water partition coefficient (Wildman–Crippen LogP) is 2.79. The number of ether oxygens (including phenoxy) is 1. The molecule has 1 atom stereocenters. The monoisotopic (exact) mass is 304 g/mol. The highest BCUT2D eigenvalue weighted by Crippen LogP contribution is 2.22. The van der Waals surface area contributed by atoms with Crippen LogP contribution in [0.15, 0.2) is 41.8 Å². The SMILES string of the molecule is COc1cccc(C(=O)NCC(c2cccs2)N(C)C)c1. The molecule has 0 spiro atoms. The highest BCUT2D eigenvalue weighted by molar-refractivity contribution is 7.10. The third-order valence-electron chi connectivity index (χ3n) is 3.28. The molecule has 2 rings (SSSR count). The highest BCUT2D eigenvalue weighted by Gasteiger charge is 2.16. The van der Waals surface area contributed by atoms with Crippen LogP contribution in [0, 0.1) is 0 Å². The lowest BCUT2D eigenvalue weighted by molar-refractivity contribution is 0.0942. The first-order chi connectivity index (χ1) is 10.1. The van der Waals surface area contributed by atoms with Crippen molar-refractivity contribution < 1.29 is 9.53 Å². The van der Waals surface area contributed by atoms with Gasteiger partial charge < -0.3 is 15.0 Å². The minimum Gasteiger partial charge on any atom is -0.497 e. The maximum absolute atomic E-state index is 12.2. The molecule has 0 fully saturated rings. The van der Waals surface area contributed by atoms with Crippen LogP contribution < -0.4 is 10.1 Å². The number of hydrogen-bond donors (Lipinski definition) is 1. The van der Waals surface area contributed by atoms with Crippen LogP contribution in [0.1, 0.15) is 21.3 Å². The van der Waals surface area contributed by atoms with Crippen LogP contribution in [0.4, 0.5) is 0 Å². The number of methoxy groups -OCH3 is 1. The molecular weight excluding hydrogens is 284 g/mol. The van der Waals surface area contributed by atoms with Gasteiger partial charge in [0.05, 0.1) is 13.2 Å². The Kier molecular flexibility index (Phi) is 5.36. The van der Waals surface area contributed by atoms with E-state index in [0.717, 1.165) is 0 Å². The molecule has 4 nitrogen and oxygen atoms in total. The van der Waals surface area contributed by atoms with Crippen LogP contribution in [0.5, 0.6) is 5.75 Å². The summed E-state index contributed by atoms with van der Waals surface area (Å²) >= 11 is 1.70. The van der Waals surface area contributed by atoms with E-state index in [1.54, 1.807) is 30.6 Å². The van der Waals surface area contributed by atoms with Crippen molar-refractivity contribution in [1.29, 1.82) is 0 Å². The summed E-state index contributed by atoms with van der Waals surface area (Å²) in [5.74, 6) is 0.599. The number of benzene rings is 1. The van der Waals surface area contributed by atoms with E-state index in [1.165, 1.54) is 4.88 Å². The lowest BCUT2D eigenvalue weighted by Gasteiger charge is -2.23. The standard InChI is InChI=1S/C16H20N2O2S/c1-18(2)14(15-8-5-9-21-15)11-17-16(19)12-6-4-7-13(10-12)20-3/h4-10,14H,11H2,1-3H3,(H,17,19). The van der Waals surface area contributed by atoms with E-state index < -0.39 is 0 Å². The second kappa shape index (κ2) is 7.24. The summed E-state index contributed by atoms with van der Waals surface area (Å²) in [5.41, 5.74) is 0.609. The highest BCUT2D eigenvalue weighted by atomic mass is 32.1. The number of nitrogens with one attached hydrogen (secondary N) is 1. The number of nitrogens with zero attached hydrogens (tertiary/aromatic N) is 1. The number of likely N-dealkylation sites (N-methyl/N-ethyl adjacent to an activating group) is 1. The zero-order valence-corrected chi connectivity index (χ0v) is 13.3. The van der Waals surface area contributed by atoms with Crippen molar-refractivity contribution in [1.82, 2.24) is 10.2 Å². The van der Waals surface area contributed by atoms with Gasteiger partial charge in [0.15, 0.2) is 0 Å². The average Bonchev–Trinajstić information content (AvgIpc) is 3.01. The quantitative estimate of drug-likeness (QED) is 0.892. The maximum atomic E-state index is 12.2. The second-order valence-electron chi connectivity index (χ2n) is 4.94. The average molecular weight is 304 g/mol. The first-order valence-electron chi connectivity index (χ1n) is 6.74. The molecule has 0 bridgehead atoms. The summed E-state index contributed by atoms with van der Waals surface area (Å²) in [6.07, 6.45) is 0. The summed E-state index contributed by atoms with van der Waals surface area (Å²) in [4.78, 5) is 15.6. The van der Waals surface area contributed by atoms with Gasteiger partial charge in [0.2, 0.25) is 0 Å². The lowest BCUT2D eigenvalue weighted by atomic mass is 10.2. The van der Waals surface area contributed by atoms with E-state index in [4.69, 9.17) is 4.74 Å². The van der Waals surface area contributed by atoms with Gasteiger partial charge in [0.25, 0.3) is 5.91 Å². The molecule has 0 aliphatic heterocycles. The Morgan fingerprint density at radius 3 is 2.76 bits per heavy atom. The van der Waals surface area contributed by atoms with Crippen molar-refractivity contribution in [2.75, 3.05) is 27.7 Å². The molecule has 0 radical (unpaired) electrons.